The van der Waals surface area contributed by atoms with E-state index in [4.69, 9.17) is 38.3 Å². The fourth-order valence-corrected chi connectivity index (χ4v) is 12.3. The third-order valence-corrected chi connectivity index (χ3v) is 16.2. The number of nitrogens with two attached hydrogens (primary N) is 1. The Labute approximate surface area is 387 Å². The predicted octanol–water partition coefficient (Wildman–Crippen LogP) is 7.15. The minimum atomic E-state index is -4.74. The average molecular weight is 996 g/mol. The lowest BCUT2D eigenvalue weighted by Crippen LogP contribution is -2.36. The number of fused-ring (bicyclic) bond motifs is 5. The third kappa shape index (κ3) is 11.6. The maximum Gasteiger partial charge on any atom is 0.390 e. The van der Waals surface area contributed by atoms with Gasteiger partial charge in [0.2, 0.25) is 0 Å². The second-order valence-electron chi connectivity index (χ2n) is 16.6. The molecule has 10 atom stereocenters. The minimum Gasteiger partial charge on any atom is -0.427 e. The SMILES string of the molecule is CCCCCCCCCCCC(=O)Oc1ccc(CSP2(=O)OC[C@H]3O[C@@H](n4cnc5c(N)ncnc54)[C@H](F)[C@@H]3OCP(=O)(O)OC[C@H]3O[C@@H](n4cnc5c(=O)[nH]c(C)nc54)[C@H](O2)[C@@H]3F)cc1. The van der Waals surface area contributed by atoms with Gasteiger partial charge >= 0.3 is 20.4 Å². The van der Waals surface area contributed by atoms with E-state index in [0.29, 0.717) is 22.7 Å². The fraction of sp³-hybridized carbons (Fsp3) is 0.585. The van der Waals surface area contributed by atoms with Gasteiger partial charge in [-0.15, -0.1) is 0 Å². The van der Waals surface area contributed by atoms with Crippen molar-refractivity contribution >= 4 is 59.9 Å². The highest BCUT2D eigenvalue weighted by Gasteiger charge is 2.54. The highest BCUT2D eigenvalue weighted by atomic mass is 32.7. The molecule has 21 nitrogen and oxygen atoms in total. The fourth-order valence-electron chi connectivity index (χ4n) is 8.08. The van der Waals surface area contributed by atoms with Crippen LogP contribution in [0.1, 0.15) is 95.0 Å². The van der Waals surface area contributed by atoms with Gasteiger partial charge in [0.25, 0.3) is 5.56 Å². The molecule has 4 N–H and O–H groups in total. The van der Waals surface area contributed by atoms with Crippen molar-refractivity contribution in [1.29, 1.82) is 0 Å². The van der Waals surface area contributed by atoms with Crippen molar-refractivity contribution in [1.82, 2.24) is 39.0 Å². The summed E-state index contributed by atoms with van der Waals surface area (Å²) in [6.07, 6.45) is -0.912. The van der Waals surface area contributed by atoms with E-state index >= 15 is 13.3 Å². The van der Waals surface area contributed by atoms with Crippen molar-refractivity contribution in [3.63, 3.8) is 0 Å². The first-order chi connectivity index (χ1) is 32.2. The molecule has 2 unspecified atom stereocenters. The van der Waals surface area contributed by atoms with Crippen molar-refractivity contribution in [2.24, 2.45) is 0 Å². The molecule has 364 valence electrons. The molecule has 0 radical (unpaired) electrons. The maximum atomic E-state index is 16.7. The third-order valence-electron chi connectivity index (χ3n) is 11.6. The van der Waals surface area contributed by atoms with Crippen LogP contribution in [0.5, 0.6) is 5.75 Å². The Bertz CT molecular complexity index is 2660. The molecule has 26 heteroatoms. The summed E-state index contributed by atoms with van der Waals surface area (Å²) in [5.41, 5.74) is 6.09. The minimum absolute atomic E-state index is 0.0213. The standard InChI is InChI=1S/C41H53F2N9O12P2S/c1-3-4-5-6-7-8-9-10-11-12-29(53)61-26-15-13-25(14-16-26)19-67-66(57)60-18-28-34(31(43)40(63-28)51-21-47-32-36(44)45-20-46-37(32)51)58-23-65(55,56)59-17-27-30(42)35(64-66)41(62-27)52-22-48-33-38(52)49-24(2)50-39(33)54/h13-16,20-22,27-28,30-31,34-35,40-41H,3-12,17-19,23H2,1-2H3,(H,55,56)(H2,44,45,46)(H,49,50,54)/t27-,28-,30-,31-,34-,35-,40-,41-,66?/m1/s1. The van der Waals surface area contributed by atoms with Gasteiger partial charge in [-0.05, 0) is 42.4 Å². The van der Waals surface area contributed by atoms with Gasteiger partial charge in [-0.1, -0.05) is 70.4 Å². The van der Waals surface area contributed by atoms with E-state index < -0.39 is 88.7 Å². The summed E-state index contributed by atoms with van der Waals surface area (Å²) in [7, 11) is -4.74. The number of H-pyrrole nitrogens is 1. The number of alkyl halides is 2. The molecular weight excluding hydrogens is 943 g/mol. The van der Waals surface area contributed by atoms with Gasteiger partial charge in [0, 0.05) is 12.2 Å². The van der Waals surface area contributed by atoms with Gasteiger partial charge in [-0.3, -0.25) is 32.3 Å². The topological polar surface area (TPSA) is 269 Å². The van der Waals surface area contributed by atoms with Crippen molar-refractivity contribution in [3.8, 4) is 5.75 Å². The summed E-state index contributed by atoms with van der Waals surface area (Å²) in [6.45, 7) is -2.44. The molecule has 0 saturated carbocycles. The molecule has 3 fully saturated rings. The highest BCUT2D eigenvalue weighted by molar-refractivity contribution is 8.54. The van der Waals surface area contributed by atoms with Gasteiger partial charge in [0.05, 0.1) is 25.9 Å². The summed E-state index contributed by atoms with van der Waals surface area (Å²) < 4.78 is 105. The molecule has 7 heterocycles. The quantitative estimate of drug-likeness (QED) is 0.0383. The van der Waals surface area contributed by atoms with Crippen LogP contribution in [0.3, 0.4) is 0 Å². The summed E-state index contributed by atoms with van der Waals surface area (Å²) in [5.74, 6) is 0.127. The molecule has 0 spiro atoms. The molecule has 0 aliphatic carbocycles. The zero-order valence-corrected chi connectivity index (χ0v) is 39.4. The predicted molar refractivity (Wildman–Crippen MR) is 239 cm³/mol. The van der Waals surface area contributed by atoms with Crippen molar-refractivity contribution in [3.05, 3.63) is 65.0 Å². The number of ether oxygens (including phenoxy) is 4. The molecule has 3 aliphatic rings. The normalized spacial score (nSPS) is 29.3. The largest absolute Gasteiger partial charge is 0.427 e. The van der Waals surface area contributed by atoms with Crippen LogP contribution < -0.4 is 16.0 Å². The number of imidazole rings is 2. The lowest BCUT2D eigenvalue weighted by molar-refractivity contribution is -0.134. The number of esters is 1. The first kappa shape index (κ1) is 49.2. The number of aryl methyl sites for hydroxylation is 1. The van der Waals surface area contributed by atoms with E-state index in [2.05, 4.69) is 36.8 Å². The summed E-state index contributed by atoms with van der Waals surface area (Å²) in [5, 5.41) is 0. The molecule has 67 heavy (non-hydrogen) atoms. The number of hydrogen-bond acceptors (Lipinski definition) is 18. The van der Waals surface area contributed by atoms with E-state index in [-0.39, 0.29) is 52.1 Å². The molecule has 3 aliphatic heterocycles. The van der Waals surface area contributed by atoms with Crippen LogP contribution in [-0.4, -0.2) is 106 Å². The van der Waals surface area contributed by atoms with Crippen LogP contribution in [0.25, 0.3) is 22.3 Å². The number of benzene rings is 1. The van der Waals surface area contributed by atoms with Gasteiger partial charge in [-0.2, -0.15) is 0 Å². The Morgan fingerprint density at radius 1 is 0.881 bits per heavy atom. The first-order valence-electron chi connectivity index (χ1n) is 22.1. The Morgan fingerprint density at radius 2 is 1.55 bits per heavy atom. The maximum absolute atomic E-state index is 16.7. The zero-order chi connectivity index (χ0) is 47.3. The number of carbonyl (C=O) groups is 1. The number of aromatic nitrogens is 8. The molecule has 8 rings (SSSR count). The number of unbranched alkanes of at least 4 members (excludes halogenated alkanes) is 8. The van der Waals surface area contributed by atoms with Crippen molar-refractivity contribution in [2.45, 2.75) is 133 Å². The lowest BCUT2D eigenvalue weighted by atomic mass is 10.1. The number of nitrogen functional groups attached to an aromatic ring is 1. The molecule has 0 amide bonds. The lowest BCUT2D eigenvalue weighted by Gasteiger charge is -2.28. The Morgan fingerprint density at radius 3 is 2.30 bits per heavy atom. The first-order valence-corrected chi connectivity index (χ1v) is 27.0. The molecule has 3 saturated heterocycles. The smallest absolute Gasteiger partial charge is 0.390 e. The second-order valence-corrected chi connectivity index (χ2v) is 22.4. The van der Waals surface area contributed by atoms with Crippen LogP contribution >= 0.6 is 25.8 Å². The molecular formula is C41H53F2N9O12P2S. The summed E-state index contributed by atoms with van der Waals surface area (Å²) in [6, 6.07) is 6.49. The number of aromatic amines is 1. The number of rotatable bonds is 16. The molecule has 2 bridgehead atoms. The molecule has 1 aromatic carbocycles. The van der Waals surface area contributed by atoms with E-state index in [9.17, 15) is 19.0 Å². The number of anilines is 1. The number of nitrogens with one attached hydrogen (secondary N) is 1. The van der Waals surface area contributed by atoms with Crippen LogP contribution in [0, 0.1) is 6.92 Å². The van der Waals surface area contributed by atoms with Crippen LogP contribution in [0.15, 0.2) is 48.0 Å². The van der Waals surface area contributed by atoms with Gasteiger partial charge in [-0.25, -0.2) is 38.3 Å². The molecule has 4 aromatic heterocycles. The highest BCUT2D eigenvalue weighted by Crippen LogP contribution is 2.65. The van der Waals surface area contributed by atoms with E-state index in [1.807, 2.05) is 0 Å². The van der Waals surface area contributed by atoms with Crippen LogP contribution in [0.2, 0.25) is 0 Å². The van der Waals surface area contributed by atoms with Crippen molar-refractivity contribution in [2.75, 3.05) is 25.3 Å². The average Bonchev–Trinajstić information content (AvgIpc) is 4.07. The number of hydrogen-bond donors (Lipinski definition) is 3. The van der Waals surface area contributed by atoms with Gasteiger partial charge in [0.15, 0.2) is 47.4 Å². The van der Waals surface area contributed by atoms with Crippen LogP contribution in [-0.2, 0) is 47.5 Å². The molecule has 5 aromatic rings. The number of carbonyl (C=O) groups excluding carboxylic acids is 1. The second kappa shape index (κ2) is 21.6. The van der Waals surface area contributed by atoms with Gasteiger partial charge in [0.1, 0.15) is 54.2 Å². The number of halogens is 2. The van der Waals surface area contributed by atoms with E-state index in [1.165, 1.54) is 60.8 Å². The van der Waals surface area contributed by atoms with E-state index in [0.717, 1.165) is 32.0 Å². The summed E-state index contributed by atoms with van der Waals surface area (Å²) in [4.78, 5) is 59.5. The van der Waals surface area contributed by atoms with Gasteiger partial charge < -0.3 is 39.1 Å². The Balaban J connectivity index is 1.02. The summed E-state index contributed by atoms with van der Waals surface area (Å²) >= 11 is 0.673. The van der Waals surface area contributed by atoms with Crippen molar-refractivity contribution < 1.29 is 60.1 Å². The monoisotopic (exact) mass is 995 g/mol. The van der Waals surface area contributed by atoms with Crippen LogP contribution in [0.4, 0.5) is 14.6 Å². The van der Waals surface area contributed by atoms with E-state index in [1.54, 1.807) is 24.3 Å². The zero-order valence-electron chi connectivity index (χ0n) is 36.8. The Hall–Kier alpha value is -4.22. The number of nitrogens with zero attached hydrogens (tertiary/aromatic N) is 7. The Kier molecular flexibility index (Phi) is 15.9.